The van der Waals surface area contributed by atoms with E-state index in [0.717, 1.165) is 31.4 Å². The Morgan fingerprint density at radius 3 is 3.06 bits per heavy atom. The van der Waals surface area contributed by atoms with E-state index in [1.807, 2.05) is 6.92 Å². The molecule has 88 valence electrons. The maximum atomic E-state index is 11.8. The number of nitrogens with one attached hydrogen (secondary N) is 1. The van der Waals surface area contributed by atoms with Crippen LogP contribution in [-0.2, 0) is 6.54 Å². The minimum atomic E-state index is 0.0129. The average molecular weight is 286 g/mol. The average Bonchev–Trinajstić information content (AvgIpc) is 3.07. The second-order valence-electron chi connectivity index (χ2n) is 4.19. The van der Waals surface area contributed by atoms with Crippen molar-refractivity contribution in [2.24, 2.45) is 0 Å². The fraction of sp³-hybridized carbons (Fsp3) is 0.636. The van der Waals surface area contributed by atoms with Crippen LogP contribution in [0.15, 0.2) is 15.5 Å². The minimum Gasteiger partial charge on any atom is -0.314 e. The van der Waals surface area contributed by atoms with Gasteiger partial charge in [0.05, 0.1) is 0 Å². The van der Waals surface area contributed by atoms with Gasteiger partial charge in [-0.25, -0.2) is 4.98 Å². The summed E-state index contributed by atoms with van der Waals surface area (Å²) in [5.41, 5.74) is 0.0129. The van der Waals surface area contributed by atoms with Crippen molar-refractivity contribution >= 4 is 15.9 Å². The molecular weight excluding hydrogens is 270 g/mol. The first-order valence-electron chi connectivity index (χ1n) is 5.64. The van der Waals surface area contributed by atoms with Crippen LogP contribution in [0.3, 0.4) is 0 Å². The van der Waals surface area contributed by atoms with Gasteiger partial charge < -0.3 is 5.32 Å². The molecule has 0 bridgehead atoms. The molecule has 1 aliphatic carbocycles. The Bertz CT molecular complexity index is 426. The van der Waals surface area contributed by atoms with Crippen LogP contribution in [0.1, 0.15) is 25.1 Å². The standard InChI is InChI=1S/C11H16BrN3O/c1-8-14-7-10(12)11(16)15(8)6-2-5-13-9-3-4-9/h7,9,13H,2-6H2,1H3. The monoisotopic (exact) mass is 285 g/mol. The van der Waals surface area contributed by atoms with Gasteiger partial charge in [-0.15, -0.1) is 0 Å². The Labute approximate surface area is 103 Å². The summed E-state index contributed by atoms with van der Waals surface area (Å²) < 4.78 is 2.26. The highest BCUT2D eigenvalue weighted by Crippen LogP contribution is 2.18. The maximum absolute atomic E-state index is 11.8. The number of rotatable bonds is 5. The smallest absolute Gasteiger partial charge is 0.267 e. The first-order valence-corrected chi connectivity index (χ1v) is 6.43. The van der Waals surface area contributed by atoms with Crippen molar-refractivity contribution in [1.82, 2.24) is 14.9 Å². The normalized spacial score (nSPS) is 15.4. The Balaban J connectivity index is 1.91. The van der Waals surface area contributed by atoms with Crippen LogP contribution < -0.4 is 10.9 Å². The number of hydrogen-bond donors (Lipinski definition) is 1. The molecule has 2 rings (SSSR count). The Morgan fingerprint density at radius 1 is 1.62 bits per heavy atom. The summed E-state index contributed by atoms with van der Waals surface area (Å²) in [5, 5.41) is 3.43. The van der Waals surface area contributed by atoms with Gasteiger partial charge in [-0.1, -0.05) is 0 Å². The van der Waals surface area contributed by atoms with Crippen LogP contribution in [0.2, 0.25) is 0 Å². The fourth-order valence-electron chi connectivity index (χ4n) is 1.65. The molecule has 1 aromatic rings. The van der Waals surface area contributed by atoms with Gasteiger partial charge in [0.15, 0.2) is 0 Å². The summed E-state index contributed by atoms with van der Waals surface area (Å²) in [5.74, 6) is 0.777. The molecule has 1 aromatic heterocycles. The van der Waals surface area contributed by atoms with E-state index in [-0.39, 0.29) is 5.56 Å². The number of hydrogen-bond acceptors (Lipinski definition) is 3. The van der Waals surface area contributed by atoms with Gasteiger partial charge in [0.25, 0.3) is 5.56 Å². The molecule has 1 aliphatic rings. The summed E-state index contributed by atoms with van der Waals surface area (Å²) in [6, 6.07) is 0.735. The lowest BCUT2D eigenvalue weighted by Gasteiger charge is -2.09. The van der Waals surface area contributed by atoms with Crippen LogP contribution in [-0.4, -0.2) is 22.1 Å². The summed E-state index contributed by atoms with van der Waals surface area (Å²) in [4.78, 5) is 15.9. The lowest BCUT2D eigenvalue weighted by Crippen LogP contribution is -2.26. The zero-order chi connectivity index (χ0) is 11.5. The van der Waals surface area contributed by atoms with E-state index in [2.05, 4.69) is 26.2 Å². The zero-order valence-corrected chi connectivity index (χ0v) is 11.0. The van der Waals surface area contributed by atoms with Gasteiger partial charge in [0.2, 0.25) is 0 Å². The van der Waals surface area contributed by atoms with Crippen LogP contribution in [0.25, 0.3) is 0 Å². The van der Waals surface area contributed by atoms with Gasteiger partial charge in [-0.3, -0.25) is 9.36 Å². The van der Waals surface area contributed by atoms with E-state index in [1.165, 1.54) is 12.8 Å². The number of aromatic nitrogens is 2. The van der Waals surface area contributed by atoms with Gasteiger partial charge in [-0.2, -0.15) is 0 Å². The third kappa shape index (κ3) is 2.92. The predicted octanol–water partition coefficient (Wildman–Crippen LogP) is 1.46. The molecule has 0 spiro atoms. The molecular formula is C11H16BrN3O. The van der Waals surface area contributed by atoms with Crippen LogP contribution >= 0.6 is 15.9 Å². The quantitative estimate of drug-likeness (QED) is 0.834. The van der Waals surface area contributed by atoms with Gasteiger partial charge in [0, 0.05) is 18.8 Å². The number of aryl methyl sites for hydroxylation is 1. The highest BCUT2D eigenvalue weighted by molar-refractivity contribution is 9.10. The van der Waals surface area contributed by atoms with E-state index < -0.39 is 0 Å². The molecule has 0 atom stereocenters. The summed E-state index contributed by atoms with van der Waals surface area (Å²) in [6.45, 7) is 3.57. The van der Waals surface area contributed by atoms with Crippen molar-refractivity contribution in [2.75, 3.05) is 6.54 Å². The third-order valence-electron chi connectivity index (χ3n) is 2.77. The van der Waals surface area contributed by atoms with Crippen LogP contribution in [0, 0.1) is 6.92 Å². The van der Waals surface area contributed by atoms with Gasteiger partial charge in [0.1, 0.15) is 10.3 Å². The third-order valence-corrected chi connectivity index (χ3v) is 3.32. The van der Waals surface area contributed by atoms with Crippen molar-refractivity contribution in [1.29, 1.82) is 0 Å². The van der Waals surface area contributed by atoms with E-state index in [1.54, 1.807) is 10.8 Å². The van der Waals surface area contributed by atoms with Gasteiger partial charge in [-0.05, 0) is 48.7 Å². The van der Waals surface area contributed by atoms with E-state index in [9.17, 15) is 4.79 Å². The molecule has 0 amide bonds. The molecule has 1 fully saturated rings. The van der Waals surface area contributed by atoms with Crippen LogP contribution in [0.4, 0.5) is 0 Å². The highest BCUT2D eigenvalue weighted by Gasteiger charge is 2.19. The zero-order valence-electron chi connectivity index (χ0n) is 9.37. The van der Waals surface area contributed by atoms with Crippen molar-refractivity contribution < 1.29 is 0 Å². The fourth-order valence-corrected chi connectivity index (χ4v) is 1.96. The van der Waals surface area contributed by atoms with E-state index in [4.69, 9.17) is 0 Å². The molecule has 0 aromatic carbocycles. The molecule has 0 saturated heterocycles. The van der Waals surface area contributed by atoms with Gasteiger partial charge >= 0.3 is 0 Å². The Kier molecular flexibility index (Phi) is 3.76. The van der Waals surface area contributed by atoms with E-state index >= 15 is 0 Å². The SMILES string of the molecule is Cc1ncc(Br)c(=O)n1CCCNC1CC1. The number of nitrogens with zero attached hydrogens (tertiary/aromatic N) is 2. The highest BCUT2D eigenvalue weighted by atomic mass is 79.9. The first kappa shape index (κ1) is 11.8. The van der Waals surface area contributed by atoms with Crippen molar-refractivity contribution in [3.63, 3.8) is 0 Å². The summed E-state index contributed by atoms with van der Waals surface area (Å²) in [6.07, 6.45) is 5.14. The van der Waals surface area contributed by atoms with Crippen molar-refractivity contribution in [2.45, 2.75) is 38.8 Å². The molecule has 4 nitrogen and oxygen atoms in total. The molecule has 1 saturated carbocycles. The number of halogens is 1. The van der Waals surface area contributed by atoms with E-state index in [0.29, 0.717) is 4.47 Å². The molecule has 0 aliphatic heterocycles. The predicted molar refractivity (Wildman–Crippen MR) is 66.6 cm³/mol. The Hall–Kier alpha value is -0.680. The topological polar surface area (TPSA) is 46.9 Å². The second-order valence-corrected chi connectivity index (χ2v) is 5.05. The van der Waals surface area contributed by atoms with Crippen LogP contribution in [0.5, 0.6) is 0 Å². The molecule has 1 heterocycles. The maximum Gasteiger partial charge on any atom is 0.267 e. The first-order chi connectivity index (χ1) is 7.68. The lowest BCUT2D eigenvalue weighted by atomic mass is 10.4. The lowest BCUT2D eigenvalue weighted by molar-refractivity contribution is 0.550. The van der Waals surface area contributed by atoms with Crippen molar-refractivity contribution in [3.05, 3.63) is 26.8 Å². The Morgan fingerprint density at radius 2 is 2.38 bits per heavy atom. The largest absolute Gasteiger partial charge is 0.314 e. The second kappa shape index (κ2) is 5.10. The summed E-state index contributed by atoms with van der Waals surface area (Å²) in [7, 11) is 0. The molecule has 5 heteroatoms. The summed E-state index contributed by atoms with van der Waals surface area (Å²) >= 11 is 3.21. The molecule has 0 unspecified atom stereocenters. The minimum absolute atomic E-state index is 0.0129. The molecule has 0 radical (unpaired) electrons. The molecule has 1 N–H and O–H groups in total. The van der Waals surface area contributed by atoms with Crippen molar-refractivity contribution in [3.8, 4) is 0 Å². The molecule has 16 heavy (non-hydrogen) atoms.